The quantitative estimate of drug-likeness (QED) is 0.739. The molecular weight excluding hydrogens is 350 g/mol. The molecule has 1 amide bonds. The molecule has 2 heterocycles. The van der Waals surface area contributed by atoms with Gasteiger partial charge < -0.3 is 5.32 Å². The van der Waals surface area contributed by atoms with E-state index in [-0.39, 0.29) is 12.3 Å². The molecule has 0 saturated carbocycles. The first kappa shape index (κ1) is 18.3. The van der Waals surface area contributed by atoms with Crippen LogP contribution in [-0.2, 0) is 17.6 Å². The van der Waals surface area contributed by atoms with Crippen molar-refractivity contribution >= 4 is 29.0 Å². The summed E-state index contributed by atoms with van der Waals surface area (Å²) in [7, 11) is 0. The Balaban J connectivity index is 1.85. The van der Waals surface area contributed by atoms with E-state index in [9.17, 15) is 4.79 Å². The topological polar surface area (TPSA) is 72.2 Å². The highest BCUT2D eigenvalue weighted by molar-refractivity contribution is 6.31. The largest absolute Gasteiger partial charge is 0.326 e. The summed E-state index contributed by atoms with van der Waals surface area (Å²) >= 11 is 6.12. The van der Waals surface area contributed by atoms with Gasteiger partial charge in [0, 0.05) is 34.1 Å². The fourth-order valence-corrected chi connectivity index (χ4v) is 3.05. The molecule has 0 atom stereocenters. The lowest BCUT2D eigenvalue weighted by molar-refractivity contribution is -0.115. The van der Waals surface area contributed by atoms with Gasteiger partial charge in [-0.25, -0.2) is 9.50 Å². The van der Waals surface area contributed by atoms with Crippen LogP contribution >= 0.6 is 11.6 Å². The first-order chi connectivity index (χ1) is 12.4. The fourth-order valence-electron chi connectivity index (χ4n) is 2.87. The molecule has 0 fully saturated rings. The summed E-state index contributed by atoms with van der Waals surface area (Å²) in [6.45, 7) is 7.85. The molecule has 0 unspecified atom stereocenters. The maximum atomic E-state index is 12.5. The van der Waals surface area contributed by atoms with E-state index < -0.39 is 0 Å². The zero-order valence-electron chi connectivity index (χ0n) is 15.4. The second-order valence-electron chi connectivity index (χ2n) is 6.44. The molecule has 3 rings (SSSR count). The van der Waals surface area contributed by atoms with Gasteiger partial charge in [0.05, 0.1) is 6.42 Å². The summed E-state index contributed by atoms with van der Waals surface area (Å²) in [5.41, 5.74) is 4.20. The highest BCUT2D eigenvalue weighted by Gasteiger charge is 2.16. The monoisotopic (exact) mass is 371 g/mol. The summed E-state index contributed by atoms with van der Waals surface area (Å²) in [5, 5.41) is 8.03. The summed E-state index contributed by atoms with van der Waals surface area (Å²) in [6, 6.07) is 5.48. The highest BCUT2D eigenvalue weighted by atomic mass is 35.5. The third-order valence-electron chi connectivity index (χ3n) is 4.36. The number of aryl methyl sites for hydroxylation is 4. The number of carbonyl (C=O) groups excluding carboxylic acids is 1. The second kappa shape index (κ2) is 7.41. The fraction of sp³-hybridized carbons (Fsp3) is 0.368. The first-order valence-electron chi connectivity index (χ1n) is 8.66. The normalized spacial score (nSPS) is 11.1. The zero-order valence-corrected chi connectivity index (χ0v) is 16.2. The molecule has 0 saturated heterocycles. The average Bonchev–Trinajstić information content (AvgIpc) is 2.98. The van der Waals surface area contributed by atoms with Gasteiger partial charge in [-0.3, -0.25) is 4.79 Å². The van der Waals surface area contributed by atoms with Crippen molar-refractivity contribution in [3.8, 4) is 0 Å². The summed E-state index contributed by atoms with van der Waals surface area (Å²) in [5.74, 6) is 1.24. The zero-order chi connectivity index (χ0) is 18.8. The van der Waals surface area contributed by atoms with E-state index in [2.05, 4.69) is 27.3 Å². The van der Waals surface area contributed by atoms with E-state index >= 15 is 0 Å². The SMILES string of the molecule is CCCc1nc2nc(C)c(CC(=O)Nc3ccc(C)c(Cl)c3)c(C)n2n1. The Morgan fingerprint density at radius 3 is 2.69 bits per heavy atom. The van der Waals surface area contributed by atoms with E-state index in [1.165, 1.54) is 0 Å². The minimum absolute atomic E-state index is 0.119. The number of benzene rings is 1. The van der Waals surface area contributed by atoms with E-state index in [1.807, 2.05) is 32.9 Å². The van der Waals surface area contributed by atoms with Gasteiger partial charge in [0.15, 0.2) is 5.82 Å². The molecule has 0 aliphatic rings. The van der Waals surface area contributed by atoms with Crippen LogP contribution in [0, 0.1) is 20.8 Å². The van der Waals surface area contributed by atoms with Gasteiger partial charge >= 0.3 is 0 Å². The molecule has 6 nitrogen and oxygen atoms in total. The Morgan fingerprint density at radius 1 is 1.23 bits per heavy atom. The average molecular weight is 372 g/mol. The Kier molecular flexibility index (Phi) is 5.23. The van der Waals surface area contributed by atoms with E-state index in [0.29, 0.717) is 16.5 Å². The molecule has 3 aromatic rings. The van der Waals surface area contributed by atoms with Crippen LogP contribution in [0.5, 0.6) is 0 Å². The van der Waals surface area contributed by atoms with Crippen LogP contribution < -0.4 is 5.32 Å². The molecule has 26 heavy (non-hydrogen) atoms. The Bertz CT molecular complexity index is 980. The van der Waals surface area contributed by atoms with Crippen molar-refractivity contribution < 1.29 is 4.79 Å². The molecule has 1 aromatic carbocycles. The molecular formula is C19H22ClN5O. The van der Waals surface area contributed by atoms with Gasteiger partial charge in [0.25, 0.3) is 5.78 Å². The maximum Gasteiger partial charge on any atom is 0.252 e. The number of hydrogen-bond donors (Lipinski definition) is 1. The number of aromatic nitrogens is 4. The van der Waals surface area contributed by atoms with E-state index in [4.69, 9.17) is 11.6 Å². The molecule has 2 aromatic heterocycles. The van der Waals surface area contributed by atoms with Crippen LogP contribution in [0.25, 0.3) is 5.78 Å². The molecule has 0 aliphatic heterocycles. The number of rotatable bonds is 5. The number of halogens is 1. The number of nitrogens with one attached hydrogen (secondary N) is 1. The highest BCUT2D eigenvalue weighted by Crippen LogP contribution is 2.21. The second-order valence-corrected chi connectivity index (χ2v) is 6.85. The van der Waals surface area contributed by atoms with Crippen LogP contribution in [0.4, 0.5) is 5.69 Å². The van der Waals surface area contributed by atoms with Crippen LogP contribution in [0.1, 0.15) is 41.7 Å². The standard InChI is InChI=1S/C19H22ClN5O/c1-5-6-17-23-19-21-12(3)15(13(4)25(19)24-17)10-18(26)22-14-8-7-11(2)16(20)9-14/h7-9H,5-6,10H2,1-4H3,(H,22,26). The van der Waals surface area contributed by atoms with Crippen LogP contribution in [0.2, 0.25) is 5.02 Å². The predicted molar refractivity (Wildman–Crippen MR) is 103 cm³/mol. The first-order valence-corrected chi connectivity index (χ1v) is 9.04. The molecule has 0 bridgehead atoms. The molecule has 7 heteroatoms. The van der Waals surface area contributed by atoms with Gasteiger partial charge in [-0.2, -0.15) is 4.98 Å². The van der Waals surface area contributed by atoms with Crippen molar-refractivity contribution in [2.24, 2.45) is 0 Å². The number of anilines is 1. The van der Waals surface area contributed by atoms with Gasteiger partial charge in [-0.1, -0.05) is 24.6 Å². The molecule has 0 spiro atoms. The van der Waals surface area contributed by atoms with Crippen LogP contribution in [0.3, 0.4) is 0 Å². The number of amides is 1. The third-order valence-corrected chi connectivity index (χ3v) is 4.77. The van der Waals surface area contributed by atoms with Gasteiger partial charge in [-0.15, -0.1) is 5.10 Å². The van der Waals surface area contributed by atoms with E-state index in [0.717, 1.165) is 41.2 Å². The van der Waals surface area contributed by atoms with Crippen molar-refractivity contribution in [1.29, 1.82) is 0 Å². The Hall–Kier alpha value is -2.47. The Labute approximate surface area is 157 Å². The molecule has 0 radical (unpaired) electrons. The molecule has 136 valence electrons. The van der Waals surface area contributed by atoms with Crippen molar-refractivity contribution in [1.82, 2.24) is 19.6 Å². The van der Waals surface area contributed by atoms with Crippen molar-refractivity contribution in [3.05, 3.63) is 51.6 Å². The Morgan fingerprint density at radius 2 is 2.00 bits per heavy atom. The third kappa shape index (κ3) is 3.70. The lowest BCUT2D eigenvalue weighted by Gasteiger charge is -2.11. The molecule has 0 aliphatic carbocycles. The van der Waals surface area contributed by atoms with Crippen LogP contribution in [0.15, 0.2) is 18.2 Å². The van der Waals surface area contributed by atoms with Crippen molar-refractivity contribution in [2.75, 3.05) is 5.32 Å². The van der Waals surface area contributed by atoms with Gasteiger partial charge in [-0.05, 0) is 44.9 Å². The maximum absolute atomic E-state index is 12.5. The minimum atomic E-state index is -0.119. The number of fused-ring (bicyclic) bond motifs is 1. The number of carbonyl (C=O) groups is 1. The smallest absolute Gasteiger partial charge is 0.252 e. The summed E-state index contributed by atoms with van der Waals surface area (Å²) < 4.78 is 1.73. The number of hydrogen-bond acceptors (Lipinski definition) is 4. The van der Waals surface area contributed by atoms with Gasteiger partial charge in [0.1, 0.15) is 0 Å². The van der Waals surface area contributed by atoms with Crippen molar-refractivity contribution in [2.45, 2.75) is 47.0 Å². The van der Waals surface area contributed by atoms with Crippen LogP contribution in [-0.4, -0.2) is 25.5 Å². The summed E-state index contributed by atoms with van der Waals surface area (Å²) in [6.07, 6.45) is 2.00. The molecule has 1 N–H and O–H groups in total. The predicted octanol–water partition coefficient (Wildman–Crippen LogP) is 3.84. The van der Waals surface area contributed by atoms with Crippen molar-refractivity contribution in [3.63, 3.8) is 0 Å². The summed E-state index contributed by atoms with van der Waals surface area (Å²) in [4.78, 5) is 21.5. The van der Waals surface area contributed by atoms with Gasteiger partial charge in [0.2, 0.25) is 5.91 Å². The lowest BCUT2D eigenvalue weighted by atomic mass is 10.1. The minimum Gasteiger partial charge on any atom is -0.326 e. The van der Waals surface area contributed by atoms with E-state index in [1.54, 1.807) is 10.6 Å². The lowest BCUT2D eigenvalue weighted by Crippen LogP contribution is -2.17. The number of nitrogens with zero attached hydrogens (tertiary/aromatic N) is 4.